The number of aromatic nitrogens is 1. The van der Waals surface area contributed by atoms with Crippen molar-refractivity contribution in [3.05, 3.63) is 71.4 Å². The van der Waals surface area contributed by atoms with Crippen LogP contribution in [0.2, 0.25) is 0 Å². The molecule has 0 saturated carbocycles. The molecule has 0 spiro atoms. The van der Waals surface area contributed by atoms with Crippen molar-refractivity contribution < 1.29 is 4.79 Å². The van der Waals surface area contributed by atoms with Gasteiger partial charge in [0.05, 0.1) is 11.3 Å². The zero-order valence-electron chi connectivity index (χ0n) is 13.7. The number of carbonyl (C=O) groups excluding carboxylic acids is 1. The molecule has 1 atom stereocenters. The van der Waals surface area contributed by atoms with Gasteiger partial charge in [-0.15, -0.1) is 11.8 Å². The van der Waals surface area contributed by atoms with Crippen LogP contribution in [0.5, 0.6) is 0 Å². The molecule has 1 aliphatic rings. The standard InChI is InChI=1S/C20H18N2OS/c1-13-8-9-17(14(2)11-13)22-18(23)12-24-20(22)16-7-3-5-15-6-4-10-21-19(15)16/h3-11,20H,12H2,1-2H3. The van der Waals surface area contributed by atoms with Gasteiger partial charge in [-0.3, -0.25) is 14.7 Å². The van der Waals surface area contributed by atoms with Crippen molar-refractivity contribution in [2.45, 2.75) is 19.2 Å². The topological polar surface area (TPSA) is 33.2 Å². The minimum Gasteiger partial charge on any atom is -0.295 e. The zero-order chi connectivity index (χ0) is 16.7. The van der Waals surface area contributed by atoms with E-state index in [4.69, 9.17) is 0 Å². The van der Waals surface area contributed by atoms with Crippen LogP contribution >= 0.6 is 11.8 Å². The Kier molecular flexibility index (Phi) is 3.77. The van der Waals surface area contributed by atoms with E-state index in [9.17, 15) is 4.79 Å². The van der Waals surface area contributed by atoms with Gasteiger partial charge in [0.2, 0.25) is 5.91 Å². The largest absolute Gasteiger partial charge is 0.295 e. The fraction of sp³-hybridized carbons (Fsp3) is 0.200. The lowest BCUT2D eigenvalue weighted by Crippen LogP contribution is -2.28. The Morgan fingerprint density at radius 1 is 1.12 bits per heavy atom. The van der Waals surface area contributed by atoms with Crippen molar-refractivity contribution >= 4 is 34.3 Å². The summed E-state index contributed by atoms with van der Waals surface area (Å²) in [6.45, 7) is 4.14. The minimum absolute atomic E-state index is 0.0301. The number of aryl methyl sites for hydroxylation is 2. The Morgan fingerprint density at radius 3 is 2.79 bits per heavy atom. The van der Waals surface area contributed by atoms with Crippen molar-refractivity contribution in [1.82, 2.24) is 4.98 Å². The highest BCUT2D eigenvalue weighted by atomic mass is 32.2. The molecule has 0 aliphatic carbocycles. The quantitative estimate of drug-likeness (QED) is 0.685. The van der Waals surface area contributed by atoms with Crippen LogP contribution in [-0.2, 0) is 4.79 Å². The van der Waals surface area contributed by atoms with Crippen LogP contribution in [0.25, 0.3) is 10.9 Å². The van der Waals surface area contributed by atoms with Crippen LogP contribution in [0, 0.1) is 13.8 Å². The number of benzene rings is 2. The third-order valence-corrected chi connectivity index (χ3v) is 5.60. The van der Waals surface area contributed by atoms with Crippen molar-refractivity contribution in [2.75, 3.05) is 10.7 Å². The normalized spacial score (nSPS) is 17.7. The van der Waals surface area contributed by atoms with Crippen LogP contribution in [-0.4, -0.2) is 16.6 Å². The first-order chi connectivity index (χ1) is 11.6. The number of fused-ring (bicyclic) bond motifs is 1. The van der Waals surface area contributed by atoms with E-state index in [1.807, 2.05) is 23.2 Å². The molecule has 1 fully saturated rings. The molecule has 120 valence electrons. The van der Waals surface area contributed by atoms with Crippen molar-refractivity contribution in [2.24, 2.45) is 0 Å². The summed E-state index contributed by atoms with van der Waals surface area (Å²) in [6, 6.07) is 16.5. The van der Waals surface area contributed by atoms with E-state index in [1.54, 1.807) is 11.8 Å². The number of carbonyl (C=O) groups is 1. The second-order valence-electron chi connectivity index (χ2n) is 6.14. The SMILES string of the molecule is Cc1ccc(N2C(=O)CSC2c2cccc3cccnc23)c(C)c1. The Bertz CT molecular complexity index is 933. The molecule has 24 heavy (non-hydrogen) atoms. The molecular formula is C20H18N2OS. The van der Waals surface area contributed by atoms with Gasteiger partial charge in [0, 0.05) is 22.8 Å². The van der Waals surface area contributed by atoms with Gasteiger partial charge in [0.15, 0.2) is 0 Å². The highest BCUT2D eigenvalue weighted by Crippen LogP contribution is 2.44. The molecule has 1 aromatic heterocycles. The van der Waals surface area contributed by atoms with Crippen LogP contribution in [0.3, 0.4) is 0 Å². The maximum absolute atomic E-state index is 12.6. The lowest BCUT2D eigenvalue weighted by molar-refractivity contribution is -0.115. The number of pyridine rings is 1. The van der Waals surface area contributed by atoms with Crippen LogP contribution in [0.1, 0.15) is 22.1 Å². The highest BCUT2D eigenvalue weighted by molar-refractivity contribution is 8.00. The number of thioether (sulfide) groups is 1. The minimum atomic E-state index is -0.0301. The predicted molar refractivity (Wildman–Crippen MR) is 100 cm³/mol. The maximum Gasteiger partial charge on any atom is 0.238 e. The number of para-hydroxylation sites is 1. The molecule has 1 amide bonds. The van der Waals surface area contributed by atoms with Crippen molar-refractivity contribution in [3.63, 3.8) is 0 Å². The fourth-order valence-corrected chi connectivity index (χ4v) is 4.51. The number of hydrogen-bond donors (Lipinski definition) is 0. The summed E-state index contributed by atoms with van der Waals surface area (Å²) in [5.41, 5.74) is 5.40. The van der Waals surface area contributed by atoms with E-state index >= 15 is 0 Å². The summed E-state index contributed by atoms with van der Waals surface area (Å²) in [5.74, 6) is 0.658. The summed E-state index contributed by atoms with van der Waals surface area (Å²) >= 11 is 1.67. The molecular weight excluding hydrogens is 316 g/mol. The van der Waals surface area contributed by atoms with Gasteiger partial charge in [-0.25, -0.2) is 0 Å². The summed E-state index contributed by atoms with van der Waals surface area (Å²) in [7, 11) is 0. The summed E-state index contributed by atoms with van der Waals surface area (Å²) in [5, 5.41) is 1.08. The summed E-state index contributed by atoms with van der Waals surface area (Å²) in [6.07, 6.45) is 1.81. The third-order valence-electron chi connectivity index (χ3n) is 4.41. The van der Waals surface area contributed by atoms with Gasteiger partial charge in [-0.05, 0) is 31.5 Å². The number of rotatable bonds is 2. The van der Waals surface area contributed by atoms with E-state index in [-0.39, 0.29) is 11.3 Å². The van der Waals surface area contributed by atoms with Crippen molar-refractivity contribution in [3.8, 4) is 0 Å². The number of amides is 1. The van der Waals surface area contributed by atoms with Crippen LogP contribution in [0.4, 0.5) is 5.69 Å². The highest BCUT2D eigenvalue weighted by Gasteiger charge is 2.35. The molecule has 1 unspecified atom stereocenters. The monoisotopic (exact) mass is 334 g/mol. The first-order valence-corrected chi connectivity index (χ1v) is 9.04. The lowest BCUT2D eigenvalue weighted by atomic mass is 10.1. The van der Waals surface area contributed by atoms with E-state index in [0.29, 0.717) is 5.75 Å². The molecule has 1 saturated heterocycles. The molecule has 0 radical (unpaired) electrons. The molecule has 0 bridgehead atoms. The van der Waals surface area contributed by atoms with Crippen LogP contribution < -0.4 is 4.90 Å². The predicted octanol–water partition coefficient (Wildman–Crippen LogP) is 4.63. The lowest BCUT2D eigenvalue weighted by Gasteiger charge is -2.26. The first-order valence-electron chi connectivity index (χ1n) is 8.00. The number of anilines is 1. The van der Waals surface area contributed by atoms with Gasteiger partial charge in [-0.2, -0.15) is 0 Å². The average molecular weight is 334 g/mol. The Hall–Kier alpha value is -2.33. The average Bonchev–Trinajstić information content (AvgIpc) is 2.96. The molecule has 3 aromatic rings. The third kappa shape index (κ3) is 2.47. The fourth-order valence-electron chi connectivity index (χ4n) is 3.32. The van der Waals surface area contributed by atoms with E-state index < -0.39 is 0 Å². The first kappa shape index (κ1) is 15.2. The molecule has 2 aromatic carbocycles. The maximum atomic E-state index is 12.6. The van der Waals surface area contributed by atoms with Crippen LogP contribution in [0.15, 0.2) is 54.7 Å². The molecule has 4 heteroatoms. The Balaban J connectivity index is 1.86. The van der Waals surface area contributed by atoms with Crippen molar-refractivity contribution in [1.29, 1.82) is 0 Å². The second kappa shape index (κ2) is 5.95. The van der Waals surface area contributed by atoms with Gasteiger partial charge < -0.3 is 0 Å². The smallest absolute Gasteiger partial charge is 0.238 e. The van der Waals surface area contributed by atoms with E-state index in [1.165, 1.54) is 5.56 Å². The van der Waals surface area contributed by atoms with Gasteiger partial charge >= 0.3 is 0 Å². The second-order valence-corrected chi connectivity index (χ2v) is 7.21. The van der Waals surface area contributed by atoms with E-state index in [2.05, 4.69) is 55.2 Å². The molecule has 0 N–H and O–H groups in total. The molecule has 3 nitrogen and oxygen atoms in total. The zero-order valence-corrected chi connectivity index (χ0v) is 14.5. The Morgan fingerprint density at radius 2 is 1.96 bits per heavy atom. The molecule has 4 rings (SSSR count). The molecule has 2 heterocycles. The molecule has 1 aliphatic heterocycles. The summed E-state index contributed by atoms with van der Waals surface area (Å²) in [4.78, 5) is 19.1. The summed E-state index contributed by atoms with van der Waals surface area (Å²) < 4.78 is 0. The number of nitrogens with zero attached hydrogens (tertiary/aromatic N) is 2. The Labute approximate surface area is 145 Å². The van der Waals surface area contributed by atoms with Gasteiger partial charge in [0.1, 0.15) is 5.37 Å². The number of hydrogen-bond acceptors (Lipinski definition) is 3. The van der Waals surface area contributed by atoms with Gasteiger partial charge in [-0.1, -0.05) is 42.0 Å². The van der Waals surface area contributed by atoms with Gasteiger partial charge in [0.25, 0.3) is 0 Å². The van der Waals surface area contributed by atoms with E-state index in [0.717, 1.165) is 27.7 Å².